The van der Waals surface area contributed by atoms with Gasteiger partial charge in [0.15, 0.2) is 0 Å². The molecule has 0 aromatic heterocycles. The monoisotopic (exact) mass is 306 g/mol. The number of rotatable bonds is 9. The molecule has 0 rings (SSSR count). The number of nitrogens with one attached hydrogen (secondary N) is 2. The van der Waals surface area contributed by atoms with E-state index in [9.17, 15) is 24.3 Å². The van der Waals surface area contributed by atoms with Gasteiger partial charge in [0.05, 0.1) is 12.5 Å². The van der Waals surface area contributed by atoms with Crippen LogP contribution in [-0.4, -0.2) is 48.1 Å². The Morgan fingerprint density at radius 1 is 1.30 bits per heavy atom. The van der Waals surface area contributed by atoms with Crippen LogP contribution in [-0.2, 0) is 19.2 Å². The Bertz CT molecular complexity index is 390. The lowest BCUT2D eigenvalue weighted by Crippen LogP contribution is -2.68. The quantitative estimate of drug-likeness (QED) is 0.269. The number of nitrogens with two attached hydrogens (primary N) is 1. The van der Waals surface area contributed by atoms with Crippen molar-refractivity contribution in [3.8, 4) is 0 Å². The van der Waals surface area contributed by atoms with E-state index in [1.807, 2.05) is 0 Å². The zero-order chi connectivity index (χ0) is 15.7. The van der Waals surface area contributed by atoms with Crippen LogP contribution in [0.4, 0.5) is 0 Å². The summed E-state index contributed by atoms with van der Waals surface area (Å²) < 4.78 is 0. The first-order chi connectivity index (χ1) is 9.27. The van der Waals surface area contributed by atoms with Gasteiger partial charge in [0.2, 0.25) is 17.7 Å². The largest absolute Gasteiger partial charge is 0.544 e. The summed E-state index contributed by atoms with van der Waals surface area (Å²) in [6.07, 6.45) is -0.119. The molecule has 0 aliphatic carbocycles. The van der Waals surface area contributed by atoms with Crippen molar-refractivity contribution in [3.05, 3.63) is 0 Å². The molecule has 3 amide bonds. The van der Waals surface area contributed by atoms with Crippen molar-refractivity contribution in [2.45, 2.75) is 24.9 Å². The molecule has 0 aromatic carbocycles. The molecule has 9 nitrogen and oxygen atoms in total. The number of carbonyl (C=O) groups is 4. The van der Waals surface area contributed by atoms with Crippen LogP contribution in [0.5, 0.6) is 0 Å². The van der Waals surface area contributed by atoms with Crippen molar-refractivity contribution < 1.29 is 30.0 Å². The second-order valence-corrected chi connectivity index (χ2v) is 4.41. The Balaban J connectivity index is 4.21. The van der Waals surface area contributed by atoms with Gasteiger partial charge >= 0.3 is 0 Å². The maximum Gasteiger partial charge on any atom is 0.243 e. The fourth-order valence-corrected chi connectivity index (χ4v) is 1.44. The highest BCUT2D eigenvalue weighted by atomic mass is 32.1. The molecule has 7 N–H and O–H groups in total. The van der Waals surface area contributed by atoms with Gasteiger partial charge in [0.1, 0.15) is 12.1 Å². The number of carbonyl (C=O) groups excluding carboxylic acids is 4. The molecule has 0 fully saturated rings. The summed E-state index contributed by atoms with van der Waals surface area (Å²) in [4.78, 5) is 44.0. The highest BCUT2D eigenvalue weighted by Crippen LogP contribution is 1.95. The number of hydrogen-bond acceptors (Lipinski definition) is 6. The van der Waals surface area contributed by atoms with E-state index in [2.05, 4.69) is 29.0 Å². The van der Waals surface area contributed by atoms with Crippen LogP contribution in [0.15, 0.2) is 0 Å². The first-order valence-corrected chi connectivity index (χ1v) is 6.41. The van der Waals surface area contributed by atoms with Gasteiger partial charge < -0.3 is 32.0 Å². The average molecular weight is 306 g/mol. The third kappa shape index (κ3) is 7.59. The molecular weight excluding hydrogens is 288 g/mol. The van der Waals surface area contributed by atoms with Crippen molar-refractivity contribution in [3.63, 3.8) is 0 Å². The topological polar surface area (TPSA) is 169 Å². The first-order valence-electron chi connectivity index (χ1n) is 5.78. The van der Waals surface area contributed by atoms with Crippen molar-refractivity contribution in [2.75, 3.05) is 12.3 Å². The number of thiol groups is 1. The van der Waals surface area contributed by atoms with E-state index in [-0.39, 0.29) is 25.1 Å². The summed E-state index contributed by atoms with van der Waals surface area (Å²) in [5.41, 5.74) is 8.17. The summed E-state index contributed by atoms with van der Waals surface area (Å²) in [5.74, 6) is -3.16. The molecule has 20 heavy (non-hydrogen) atoms. The maximum absolute atomic E-state index is 11.6. The van der Waals surface area contributed by atoms with Crippen molar-refractivity contribution in [2.24, 2.45) is 5.73 Å². The fourth-order valence-electron chi connectivity index (χ4n) is 1.18. The summed E-state index contributed by atoms with van der Waals surface area (Å²) in [5, 5.41) is 15.0. The summed E-state index contributed by atoms with van der Waals surface area (Å²) >= 11 is 3.91. The minimum absolute atomic E-state index is 0.00361. The van der Waals surface area contributed by atoms with Gasteiger partial charge in [-0.2, -0.15) is 12.6 Å². The lowest BCUT2D eigenvalue weighted by atomic mass is 10.1. The van der Waals surface area contributed by atoms with Crippen molar-refractivity contribution in [1.29, 1.82) is 0 Å². The normalized spacial score (nSPS) is 13.1. The number of quaternary nitrogens is 1. The zero-order valence-corrected chi connectivity index (χ0v) is 11.7. The maximum atomic E-state index is 11.6. The molecule has 0 aromatic rings. The first kappa shape index (κ1) is 18.2. The number of aliphatic carboxylic acids is 1. The average Bonchev–Trinajstić information content (AvgIpc) is 2.38. The van der Waals surface area contributed by atoms with Crippen LogP contribution in [0.2, 0.25) is 0 Å². The van der Waals surface area contributed by atoms with Crippen LogP contribution < -0.4 is 27.2 Å². The number of carboxylic acid groups (broad SMARTS) is 1. The van der Waals surface area contributed by atoms with Crippen LogP contribution in [0.1, 0.15) is 12.8 Å². The summed E-state index contributed by atoms with van der Waals surface area (Å²) in [6, 6.07) is -1.93. The molecule has 0 heterocycles. The molecule has 10 heteroatoms. The van der Waals surface area contributed by atoms with Gasteiger partial charge in [-0.25, -0.2) is 0 Å². The smallest absolute Gasteiger partial charge is 0.243 e. The molecule has 2 unspecified atom stereocenters. The zero-order valence-electron chi connectivity index (χ0n) is 10.8. The van der Waals surface area contributed by atoms with E-state index in [1.165, 1.54) is 0 Å². The number of carboxylic acids is 1. The molecule has 0 aliphatic heterocycles. The lowest BCUT2D eigenvalue weighted by molar-refractivity contribution is -0.438. The molecule has 0 spiro atoms. The number of hydrogen-bond donors (Lipinski definition) is 5. The van der Waals surface area contributed by atoms with Crippen molar-refractivity contribution >= 4 is 36.3 Å². The molecule has 0 bridgehead atoms. The van der Waals surface area contributed by atoms with Gasteiger partial charge in [0.25, 0.3) is 0 Å². The molecule has 0 saturated heterocycles. The van der Waals surface area contributed by atoms with Gasteiger partial charge in [-0.05, 0) is 0 Å². The van der Waals surface area contributed by atoms with Gasteiger partial charge in [-0.15, -0.1) is 0 Å². The Morgan fingerprint density at radius 2 is 1.90 bits per heavy atom. The SMILES string of the molecule is NC(=O)CNC(=O)C(CS)NC(=O)CCC([NH3+])C(=O)[O-]. The van der Waals surface area contributed by atoms with Crippen LogP contribution in [0.25, 0.3) is 0 Å². The predicted octanol–water partition coefficient (Wildman–Crippen LogP) is -4.86. The molecular formula is C10H18N4O5S. The molecule has 0 radical (unpaired) electrons. The molecule has 0 saturated carbocycles. The van der Waals surface area contributed by atoms with E-state index in [0.717, 1.165) is 0 Å². The van der Waals surface area contributed by atoms with E-state index >= 15 is 0 Å². The Labute approximate surface area is 120 Å². The third-order valence-electron chi connectivity index (χ3n) is 2.32. The van der Waals surface area contributed by atoms with E-state index < -0.39 is 35.8 Å². The standard InChI is InChI=1S/C10H18N4O5S/c11-5(10(18)19)1-2-8(16)14-6(4-20)9(17)13-3-7(12)15/h5-6,20H,1-4,11H2,(H2,12,15)(H,13,17)(H,14,16)(H,18,19). The predicted molar refractivity (Wildman–Crippen MR) is 68.9 cm³/mol. The Kier molecular flexibility index (Phi) is 8.32. The van der Waals surface area contributed by atoms with E-state index in [1.54, 1.807) is 0 Å². The Morgan fingerprint density at radius 3 is 2.35 bits per heavy atom. The Hall–Kier alpha value is -1.81. The van der Waals surface area contributed by atoms with Crippen molar-refractivity contribution in [1.82, 2.24) is 10.6 Å². The van der Waals surface area contributed by atoms with Crippen LogP contribution in [0.3, 0.4) is 0 Å². The van der Waals surface area contributed by atoms with Crippen LogP contribution in [0, 0.1) is 0 Å². The van der Waals surface area contributed by atoms with Gasteiger partial charge in [-0.1, -0.05) is 0 Å². The van der Waals surface area contributed by atoms with Gasteiger partial charge in [-0.3, -0.25) is 14.4 Å². The van der Waals surface area contributed by atoms with E-state index in [4.69, 9.17) is 5.73 Å². The summed E-state index contributed by atoms with van der Waals surface area (Å²) in [6.45, 7) is -0.343. The second-order valence-electron chi connectivity index (χ2n) is 4.04. The molecule has 114 valence electrons. The molecule has 2 atom stereocenters. The summed E-state index contributed by atoms with van der Waals surface area (Å²) in [7, 11) is 0. The molecule has 0 aliphatic rings. The number of primary amides is 1. The van der Waals surface area contributed by atoms with Crippen LogP contribution >= 0.6 is 12.6 Å². The fraction of sp³-hybridized carbons (Fsp3) is 0.600. The minimum atomic E-state index is -1.34. The third-order valence-corrected chi connectivity index (χ3v) is 2.69. The lowest BCUT2D eigenvalue weighted by Gasteiger charge is -2.16. The highest BCUT2D eigenvalue weighted by molar-refractivity contribution is 7.80. The number of amides is 3. The second kappa shape index (κ2) is 9.15. The minimum Gasteiger partial charge on any atom is -0.544 e. The van der Waals surface area contributed by atoms with Gasteiger partial charge in [0, 0.05) is 18.6 Å². The highest BCUT2D eigenvalue weighted by Gasteiger charge is 2.20. The van der Waals surface area contributed by atoms with E-state index in [0.29, 0.717) is 0 Å².